The van der Waals surface area contributed by atoms with Crippen LogP contribution >= 0.6 is 11.6 Å². The van der Waals surface area contributed by atoms with Crippen molar-refractivity contribution >= 4 is 97.6 Å². The number of aromatic amines is 1. The van der Waals surface area contributed by atoms with Crippen molar-refractivity contribution in [2.24, 2.45) is 17.0 Å². The zero-order valence-electron chi connectivity index (χ0n) is 51.7. The molecule has 91 heavy (non-hydrogen) atoms. The number of aromatic carboxylic acids is 1. The number of aliphatic hydroxyl groups is 1. The normalized spacial score (nSPS) is 11.4. The Labute approximate surface area is 535 Å². The minimum atomic E-state index is -1.44. The number of benzene rings is 3. The number of carbonyl (C=O) groups excluding carboxylic acids is 7. The molecule has 6 aromatic heterocycles. The fourth-order valence-corrected chi connectivity index (χ4v) is 7.52. The second-order valence-corrected chi connectivity index (χ2v) is 17.8. The van der Waals surface area contributed by atoms with Crippen molar-refractivity contribution < 1.29 is 120 Å². The number of Topliss-reactive ketones (excluding diaryl/α,β-unsaturated/α-hetero) is 1. The van der Waals surface area contributed by atoms with Gasteiger partial charge >= 0.3 is 60.6 Å². The van der Waals surface area contributed by atoms with E-state index in [1.807, 2.05) is 79.0 Å². The van der Waals surface area contributed by atoms with Crippen LogP contribution in [-0.4, -0.2) is 159 Å². The number of carboxylic acid groups (broad SMARTS) is 1. The number of para-hydroxylation sites is 1. The van der Waals surface area contributed by atoms with E-state index < -0.39 is 59.4 Å². The molecule has 0 spiro atoms. The maximum atomic E-state index is 12.0. The number of H-pyrrole nitrogens is 1. The zero-order valence-corrected chi connectivity index (χ0v) is 52.5. The molecule has 9 aromatic rings. The molecular formula is C58H68ClLiN10O21. The molecule has 6 N–H and O–H groups in total. The fraction of sp³-hybridized carbons (Fsp3) is 0.328. The molecule has 3 aromatic carbocycles. The van der Waals surface area contributed by atoms with Gasteiger partial charge in [0.25, 0.3) is 11.8 Å². The number of nitrogens with one attached hydrogen (secondary N) is 1. The summed E-state index contributed by atoms with van der Waals surface area (Å²) in [5.41, 5.74) is 4.82. The van der Waals surface area contributed by atoms with Gasteiger partial charge in [0.15, 0.2) is 11.7 Å². The third-order valence-corrected chi connectivity index (χ3v) is 11.4. The van der Waals surface area contributed by atoms with E-state index in [0.29, 0.717) is 41.6 Å². The van der Waals surface area contributed by atoms with Crippen LogP contribution in [0.5, 0.6) is 0 Å². The van der Waals surface area contributed by atoms with Crippen LogP contribution in [0.25, 0.3) is 44.5 Å². The van der Waals surface area contributed by atoms with Crippen LogP contribution in [0.2, 0.25) is 5.22 Å². The quantitative estimate of drug-likeness (QED) is 0.0449. The number of ether oxygens (including phenoxy) is 5. The van der Waals surface area contributed by atoms with Crippen LogP contribution in [0.4, 0.5) is 0 Å². The number of aliphatic hydroxyl groups excluding tert-OH is 1. The number of aryl methyl sites for hydroxylation is 3. The fourth-order valence-electron chi connectivity index (χ4n) is 7.27. The Bertz CT molecular complexity index is 3710. The van der Waals surface area contributed by atoms with Crippen LogP contribution < -0.4 is 18.9 Å². The number of rotatable bonds is 14. The van der Waals surface area contributed by atoms with Gasteiger partial charge in [-0.1, -0.05) is 75.2 Å². The van der Waals surface area contributed by atoms with E-state index in [1.165, 1.54) is 9.36 Å². The Hall–Kier alpha value is -9.90. The molecule has 484 valence electrons. The van der Waals surface area contributed by atoms with Gasteiger partial charge in [-0.2, -0.15) is 15.3 Å². The summed E-state index contributed by atoms with van der Waals surface area (Å²) in [6, 6.07) is 23.1. The molecule has 0 amide bonds. The largest absolute Gasteiger partial charge is 1.00 e. The standard InChI is InChI=1S/C14H13N3O3.C12H9N3O3.C9H14O5.C7H8ClNO3.C7H6N2.C7H9NO4.C2H6O.Li.2H2O/c1-3-19-14(18)12-9(2)16-20-13(12)17-8-10-6-4-5-7-11(10)15-17;1-7-10(12(16)17)11(18-14-7)15-6-8-4-2-3-5-9(8)13-15;1-4-13-8(11)7(6(3)10)9(12)14-5-2;1-3-11-7(10)5-4(2)9-12-6(5)8;1-2-4-7-6(3-1)5-8-9-7;1-3-11-6(9)5-4(2)8-12-7(5)10;1-2-3;;;/h4-8H,3H2,1-2H3;2-6H,1H3,(H,16,17);7H,4-5H2,1-3H3;3H2,1-2H3;1-5H,(H,8,9);5H,3H2,1-2H3;3H,2H2,1H3;;2*1H2/q;;;;;;;+1;;/p-1. The maximum Gasteiger partial charge on any atom is 1.00 e. The summed E-state index contributed by atoms with van der Waals surface area (Å²) in [6.45, 7) is 19.0. The average molecular weight is 1280 g/mol. The second-order valence-electron chi connectivity index (χ2n) is 17.5. The first-order chi connectivity index (χ1) is 42.1. The number of halogens is 1. The summed E-state index contributed by atoms with van der Waals surface area (Å²) in [7, 11) is 0. The monoisotopic (exact) mass is 1280 g/mol. The molecule has 0 saturated carbocycles. The van der Waals surface area contributed by atoms with Gasteiger partial charge in [-0.25, -0.2) is 28.5 Å². The van der Waals surface area contributed by atoms with E-state index in [0.717, 1.165) is 39.6 Å². The summed E-state index contributed by atoms with van der Waals surface area (Å²) >= 11 is 5.55. The first-order valence-corrected chi connectivity index (χ1v) is 27.3. The van der Waals surface area contributed by atoms with E-state index in [1.54, 1.807) is 81.6 Å². The van der Waals surface area contributed by atoms with Crippen molar-refractivity contribution in [2.45, 2.75) is 76.2 Å². The smallest absolute Gasteiger partial charge is 0.870 e. The number of esters is 5. The van der Waals surface area contributed by atoms with Crippen molar-refractivity contribution in [2.75, 3.05) is 39.6 Å². The molecule has 0 radical (unpaired) electrons. The second kappa shape index (κ2) is 39.9. The minimum Gasteiger partial charge on any atom is -0.870 e. The summed E-state index contributed by atoms with van der Waals surface area (Å²) in [6.07, 6.45) is 5.31. The van der Waals surface area contributed by atoms with E-state index in [9.17, 15) is 38.4 Å². The van der Waals surface area contributed by atoms with Crippen LogP contribution in [0.15, 0.2) is 110 Å². The zero-order chi connectivity index (χ0) is 65.0. The van der Waals surface area contributed by atoms with Gasteiger partial charge in [-0.05, 0) is 106 Å². The number of aromatic nitrogens is 9. The third-order valence-electron chi connectivity index (χ3n) is 11.2. The third kappa shape index (κ3) is 22.3. The molecule has 0 fully saturated rings. The Morgan fingerprint density at radius 1 is 0.626 bits per heavy atom. The number of ketones is 1. The summed E-state index contributed by atoms with van der Waals surface area (Å²) in [4.78, 5) is 93.8. The van der Waals surface area contributed by atoms with Crippen LogP contribution in [0.3, 0.4) is 0 Å². The molecule has 0 bridgehead atoms. The van der Waals surface area contributed by atoms with Crippen LogP contribution in [0.1, 0.15) is 104 Å². The van der Waals surface area contributed by atoms with Crippen molar-refractivity contribution in [3.05, 3.63) is 130 Å². The molecule has 1 atom stereocenters. The Balaban J connectivity index is 0.000000547. The Morgan fingerprint density at radius 3 is 1.45 bits per heavy atom. The van der Waals surface area contributed by atoms with Crippen molar-refractivity contribution in [1.82, 2.24) is 45.2 Å². The summed E-state index contributed by atoms with van der Waals surface area (Å²) in [5.74, 6) is -7.55. The number of nitrogens with zero attached hydrogens (tertiary/aromatic N) is 9. The topological polar surface area (TPSA) is 449 Å². The molecule has 31 nitrogen and oxygen atoms in total. The van der Waals surface area contributed by atoms with Gasteiger partial charge in [0.2, 0.25) is 11.1 Å². The van der Waals surface area contributed by atoms with Gasteiger partial charge in [0, 0.05) is 35.2 Å². The predicted octanol–water partition coefficient (Wildman–Crippen LogP) is 4.31. The number of hydrogen-bond donors (Lipinski definition) is 3. The SMILES string of the molecule is CCO.CCOC(=O)C(C(C)=O)C(=O)OCC.CCOC(=O)C1C(=O)ON=C1C.CCOC(=O)c1c(C)noc1-n1cc2ccccc2n1.CCOC(=O)c1c(C)noc1Cl.Cc1noc(-n2cc3ccccc3n2)c1C(=O)O.O.[Li+].[OH-].c1ccc2[nH]ncc2c1. The molecule has 10 rings (SSSR count). The van der Waals surface area contributed by atoms with E-state index in [4.69, 9.17) is 40.3 Å². The molecule has 0 aliphatic carbocycles. The van der Waals surface area contributed by atoms with Crippen molar-refractivity contribution in [3.63, 3.8) is 0 Å². The number of carbonyl (C=O) groups is 8. The molecule has 1 aliphatic rings. The number of hydrogen-bond acceptors (Lipinski definition) is 26. The Morgan fingerprint density at radius 2 is 1.04 bits per heavy atom. The molecular weight excluding hydrogens is 1220 g/mol. The van der Waals surface area contributed by atoms with E-state index in [2.05, 4.69) is 64.6 Å². The van der Waals surface area contributed by atoms with Crippen LogP contribution in [-0.2, 0) is 52.5 Å². The Kier molecular flexibility index (Phi) is 34.7. The van der Waals surface area contributed by atoms with Gasteiger partial charge in [0.05, 0.1) is 78.6 Å². The van der Waals surface area contributed by atoms with Gasteiger partial charge in [-0.3, -0.25) is 24.3 Å². The van der Waals surface area contributed by atoms with Gasteiger partial charge in [0.1, 0.15) is 16.7 Å². The number of fused-ring (bicyclic) bond motifs is 3. The minimum absolute atomic E-state index is 0. The van der Waals surface area contributed by atoms with Crippen molar-refractivity contribution in [1.29, 1.82) is 0 Å². The van der Waals surface area contributed by atoms with E-state index >= 15 is 0 Å². The van der Waals surface area contributed by atoms with Crippen LogP contribution in [0, 0.1) is 32.6 Å². The van der Waals surface area contributed by atoms with Crippen molar-refractivity contribution in [3.8, 4) is 11.8 Å². The average Bonchev–Trinajstić information content (AvgIpc) is 1.72. The van der Waals surface area contributed by atoms with Gasteiger partial charge < -0.3 is 63.3 Å². The molecule has 0 saturated heterocycles. The first kappa shape index (κ1) is 79.1. The maximum absolute atomic E-state index is 12.0. The van der Waals surface area contributed by atoms with Gasteiger partial charge in [-0.15, -0.1) is 0 Å². The molecule has 1 aliphatic heterocycles. The molecule has 7 heterocycles. The first-order valence-electron chi connectivity index (χ1n) is 26.9. The molecule has 33 heteroatoms. The number of oxime groups is 1. The predicted molar refractivity (Wildman–Crippen MR) is 318 cm³/mol. The summed E-state index contributed by atoms with van der Waals surface area (Å²) in [5, 5.41) is 49.5. The summed E-state index contributed by atoms with van der Waals surface area (Å²) < 4.78 is 41.3. The number of carboxylic acids is 1. The molecule has 1 unspecified atom stereocenters. The van der Waals surface area contributed by atoms with E-state index in [-0.39, 0.29) is 84.4 Å².